The van der Waals surface area contributed by atoms with Gasteiger partial charge >= 0.3 is 5.97 Å². The molecule has 0 fully saturated rings. The van der Waals surface area contributed by atoms with E-state index in [1.165, 1.54) is 31.2 Å². The Morgan fingerprint density at radius 1 is 1.35 bits per heavy atom. The summed E-state index contributed by atoms with van der Waals surface area (Å²) in [5.41, 5.74) is 0.327. The highest BCUT2D eigenvalue weighted by Gasteiger charge is 2.20. The monoisotopic (exact) mass is 236 g/mol. The van der Waals surface area contributed by atoms with Crippen LogP contribution in [0.2, 0.25) is 0 Å². The van der Waals surface area contributed by atoms with Crippen LogP contribution >= 0.6 is 0 Å². The van der Waals surface area contributed by atoms with Crippen molar-refractivity contribution in [1.82, 2.24) is 9.71 Å². The summed E-state index contributed by atoms with van der Waals surface area (Å²) < 4.78 is 13.2. The Labute approximate surface area is 95.7 Å². The highest BCUT2D eigenvalue weighted by Crippen LogP contribution is 2.21. The van der Waals surface area contributed by atoms with Gasteiger partial charge in [0.15, 0.2) is 11.5 Å². The number of hydrogen-bond acceptors (Lipinski definition) is 3. The fourth-order valence-electron chi connectivity index (χ4n) is 1.55. The SMILES string of the molecule is Cc1nc(-c2ccc(F)cc2)n(O)c1C(=O)O. The number of benzene rings is 1. The maximum atomic E-state index is 12.7. The van der Waals surface area contributed by atoms with Gasteiger partial charge in [0.25, 0.3) is 0 Å². The number of carboxylic acid groups (broad SMARTS) is 1. The van der Waals surface area contributed by atoms with Crippen molar-refractivity contribution in [2.24, 2.45) is 0 Å². The summed E-state index contributed by atoms with van der Waals surface area (Å²) in [4.78, 5) is 14.8. The molecule has 0 aliphatic heterocycles. The lowest BCUT2D eigenvalue weighted by atomic mass is 10.2. The second kappa shape index (κ2) is 3.89. The summed E-state index contributed by atoms with van der Waals surface area (Å²) in [7, 11) is 0. The van der Waals surface area contributed by atoms with E-state index in [4.69, 9.17) is 5.11 Å². The van der Waals surface area contributed by atoms with Crippen molar-refractivity contribution < 1.29 is 19.5 Å². The fraction of sp³-hybridized carbons (Fsp3) is 0.0909. The number of nitrogens with zero attached hydrogens (tertiary/aromatic N) is 2. The summed E-state index contributed by atoms with van der Waals surface area (Å²) in [6.07, 6.45) is 0. The topological polar surface area (TPSA) is 75.3 Å². The molecular formula is C11H9FN2O3. The third-order valence-corrected chi connectivity index (χ3v) is 2.33. The Bertz CT molecular complexity index is 575. The highest BCUT2D eigenvalue weighted by atomic mass is 19.1. The summed E-state index contributed by atoms with van der Waals surface area (Å²) in [6.45, 7) is 1.48. The lowest BCUT2D eigenvalue weighted by Crippen LogP contribution is -2.07. The first-order valence-electron chi connectivity index (χ1n) is 4.78. The van der Waals surface area contributed by atoms with E-state index in [2.05, 4.69) is 4.98 Å². The van der Waals surface area contributed by atoms with Crippen LogP contribution in [-0.4, -0.2) is 26.0 Å². The lowest BCUT2D eigenvalue weighted by molar-refractivity contribution is 0.0645. The van der Waals surface area contributed by atoms with Crippen LogP contribution in [0.3, 0.4) is 0 Å². The molecule has 0 bridgehead atoms. The summed E-state index contributed by atoms with van der Waals surface area (Å²) in [5, 5.41) is 18.6. The van der Waals surface area contributed by atoms with Gasteiger partial charge in [0.1, 0.15) is 5.82 Å². The Morgan fingerprint density at radius 3 is 2.41 bits per heavy atom. The minimum atomic E-state index is -1.27. The van der Waals surface area contributed by atoms with Gasteiger partial charge in [-0.25, -0.2) is 14.2 Å². The minimum Gasteiger partial charge on any atom is -0.476 e. The number of halogens is 1. The molecule has 0 aliphatic carbocycles. The first-order valence-corrected chi connectivity index (χ1v) is 4.78. The number of aromatic carboxylic acids is 1. The second-order valence-corrected chi connectivity index (χ2v) is 3.49. The Hall–Kier alpha value is -2.37. The molecule has 5 nitrogen and oxygen atoms in total. The van der Waals surface area contributed by atoms with Crippen molar-refractivity contribution in [3.8, 4) is 11.4 Å². The van der Waals surface area contributed by atoms with E-state index in [0.717, 1.165) is 0 Å². The summed E-state index contributed by atoms with van der Waals surface area (Å²) in [5.74, 6) is -1.62. The molecule has 88 valence electrons. The first-order chi connectivity index (χ1) is 8.00. The van der Waals surface area contributed by atoms with E-state index in [-0.39, 0.29) is 17.2 Å². The summed E-state index contributed by atoms with van der Waals surface area (Å²) >= 11 is 0. The molecule has 1 aromatic carbocycles. The molecule has 2 aromatic rings. The molecule has 0 atom stereocenters. The third kappa shape index (κ3) is 1.84. The summed E-state index contributed by atoms with van der Waals surface area (Å²) in [6, 6.07) is 5.24. The number of imidazole rings is 1. The molecule has 0 amide bonds. The standard InChI is InChI=1S/C11H9FN2O3/c1-6-9(11(15)16)14(17)10(13-6)7-2-4-8(12)5-3-7/h2-5,17H,1H3,(H,15,16). The average Bonchev–Trinajstić information content (AvgIpc) is 2.55. The molecule has 0 saturated heterocycles. The van der Waals surface area contributed by atoms with Crippen molar-refractivity contribution in [1.29, 1.82) is 0 Å². The molecule has 1 heterocycles. The van der Waals surface area contributed by atoms with E-state index in [1.54, 1.807) is 0 Å². The molecule has 1 aromatic heterocycles. The van der Waals surface area contributed by atoms with E-state index in [9.17, 15) is 14.4 Å². The zero-order valence-electron chi connectivity index (χ0n) is 8.88. The molecule has 0 spiro atoms. The van der Waals surface area contributed by atoms with E-state index < -0.39 is 11.8 Å². The van der Waals surface area contributed by atoms with Crippen molar-refractivity contribution >= 4 is 5.97 Å². The molecular weight excluding hydrogens is 227 g/mol. The van der Waals surface area contributed by atoms with Crippen LogP contribution in [0, 0.1) is 12.7 Å². The van der Waals surface area contributed by atoms with Crippen molar-refractivity contribution in [2.45, 2.75) is 6.92 Å². The van der Waals surface area contributed by atoms with Crippen LogP contribution in [0.5, 0.6) is 0 Å². The van der Waals surface area contributed by atoms with Gasteiger partial charge in [-0.3, -0.25) is 0 Å². The number of carbonyl (C=O) groups is 1. The molecule has 0 aliphatic rings. The van der Waals surface area contributed by atoms with Crippen molar-refractivity contribution in [3.63, 3.8) is 0 Å². The van der Waals surface area contributed by atoms with Gasteiger partial charge in [0.2, 0.25) is 0 Å². The number of aryl methyl sites for hydroxylation is 1. The smallest absolute Gasteiger partial charge is 0.357 e. The number of aromatic nitrogens is 2. The third-order valence-electron chi connectivity index (χ3n) is 2.33. The predicted octanol–water partition coefficient (Wildman–Crippen LogP) is 1.93. The van der Waals surface area contributed by atoms with Crippen molar-refractivity contribution in [3.05, 3.63) is 41.5 Å². The maximum absolute atomic E-state index is 12.7. The maximum Gasteiger partial charge on any atom is 0.357 e. The number of rotatable bonds is 2. The quantitative estimate of drug-likeness (QED) is 0.781. The van der Waals surface area contributed by atoms with Crippen LogP contribution in [0.25, 0.3) is 11.4 Å². The number of carboxylic acids is 1. The average molecular weight is 236 g/mol. The van der Waals surface area contributed by atoms with Gasteiger partial charge < -0.3 is 10.3 Å². The van der Waals surface area contributed by atoms with Gasteiger partial charge in [-0.2, -0.15) is 4.73 Å². The zero-order valence-corrected chi connectivity index (χ0v) is 8.88. The molecule has 6 heteroatoms. The van der Waals surface area contributed by atoms with Crippen LogP contribution in [0.4, 0.5) is 4.39 Å². The molecule has 17 heavy (non-hydrogen) atoms. The molecule has 2 N–H and O–H groups in total. The normalized spacial score (nSPS) is 10.5. The second-order valence-electron chi connectivity index (χ2n) is 3.49. The Kier molecular flexibility index (Phi) is 2.55. The number of hydrogen-bond donors (Lipinski definition) is 2. The molecule has 0 unspecified atom stereocenters. The first kappa shape index (κ1) is 11.1. The lowest BCUT2D eigenvalue weighted by Gasteiger charge is -2.01. The van der Waals surface area contributed by atoms with Gasteiger partial charge in [-0.05, 0) is 31.2 Å². The van der Waals surface area contributed by atoms with Gasteiger partial charge in [0.05, 0.1) is 5.69 Å². The Morgan fingerprint density at radius 2 is 1.94 bits per heavy atom. The largest absolute Gasteiger partial charge is 0.476 e. The zero-order chi connectivity index (χ0) is 12.6. The van der Waals surface area contributed by atoms with Crippen molar-refractivity contribution in [2.75, 3.05) is 0 Å². The molecule has 2 rings (SSSR count). The molecule has 0 radical (unpaired) electrons. The predicted molar refractivity (Wildman–Crippen MR) is 56.5 cm³/mol. The Balaban J connectivity index is 2.57. The minimum absolute atomic E-state index is 0.0694. The van der Waals surface area contributed by atoms with Crippen LogP contribution in [0.15, 0.2) is 24.3 Å². The van der Waals surface area contributed by atoms with Crippen LogP contribution in [-0.2, 0) is 0 Å². The fourth-order valence-corrected chi connectivity index (χ4v) is 1.55. The van der Waals surface area contributed by atoms with E-state index in [0.29, 0.717) is 10.3 Å². The highest BCUT2D eigenvalue weighted by molar-refractivity contribution is 5.87. The van der Waals surface area contributed by atoms with Gasteiger partial charge in [-0.15, -0.1) is 0 Å². The van der Waals surface area contributed by atoms with Gasteiger partial charge in [0, 0.05) is 5.56 Å². The molecule has 0 saturated carbocycles. The van der Waals surface area contributed by atoms with E-state index in [1.807, 2.05) is 0 Å². The van der Waals surface area contributed by atoms with Gasteiger partial charge in [-0.1, -0.05) is 0 Å². The van der Waals surface area contributed by atoms with Crippen LogP contribution in [0.1, 0.15) is 16.2 Å². The van der Waals surface area contributed by atoms with E-state index >= 15 is 0 Å². The van der Waals surface area contributed by atoms with Crippen LogP contribution < -0.4 is 0 Å².